The number of hydrogen-bond donors (Lipinski definition) is 1. The van der Waals surface area contributed by atoms with Crippen LogP contribution in [0.25, 0.3) is 28.1 Å². The molecule has 38 heavy (non-hydrogen) atoms. The molecular weight excluding hydrogens is 517 g/mol. The first kappa shape index (κ1) is 25.6. The summed E-state index contributed by atoms with van der Waals surface area (Å²) in [6.45, 7) is 2.12. The first-order valence-corrected chi connectivity index (χ1v) is 12.9. The molecule has 5 rings (SSSR count). The lowest BCUT2D eigenvalue weighted by Gasteiger charge is -2.10. The van der Waals surface area contributed by atoms with E-state index in [-0.39, 0.29) is 5.97 Å². The fraction of sp³-hybridized carbons (Fsp3) is 0.0968. The summed E-state index contributed by atoms with van der Waals surface area (Å²) < 4.78 is 7.14. The van der Waals surface area contributed by atoms with Gasteiger partial charge in [0, 0.05) is 34.6 Å². The van der Waals surface area contributed by atoms with Crippen molar-refractivity contribution in [3.05, 3.63) is 124 Å². The molecule has 0 atom stereocenters. The molecule has 1 heterocycles. The van der Waals surface area contributed by atoms with Gasteiger partial charge in [0.15, 0.2) is 0 Å². The average molecular weight is 542 g/mol. The van der Waals surface area contributed by atoms with Crippen molar-refractivity contribution in [1.29, 1.82) is 0 Å². The van der Waals surface area contributed by atoms with E-state index in [2.05, 4.69) is 24.3 Å². The molecule has 0 spiro atoms. The zero-order chi connectivity index (χ0) is 26.6. The lowest BCUT2D eigenvalue weighted by atomic mass is 10.0. The van der Waals surface area contributed by atoms with Crippen LogP contribution in [0.1, 0.15) is 28.7 Å². The monoisotopic (exact) mass is 541 g/mol. The smallest absolute Gasteiger partial charge is 0.338 e. The molecule has 5 aromatic rings. The van der Waals surface area contributed by atoms with Crippen LogP contribution in [0.15, 0.2) is 97.2 Å². The molecule has 0 fully saturated rings. The van der Waals surface area contributed by atoms with E-state index < -0.39 is 0 Å². The number of benzene rings is 4. The van der Waals surface area contributed by atoms with Gasteiger partial charge in [-0.2, -0.15) is 0 Å². The van der Waals surface area contributed by atoms with Gasteiger partial charge in [0.2, 0.25) is 0 Å². The second-order valence-electron chi connectivity index (χ2n) is 8.80. The SMILES string of the molecule is CCOC(=O)c1ccc(-n2cc(-c3ccc(Cl)cc3Cl)nc2Cc2ccc(-c3ccc(N)cc3)cc2)cc1. The number of carbonyl (C=O) groups excluding carboxylic acids is 1. The minimum atomic E-state index is -0.347. The Morgan fingerprint density at radius 1 is 0.895 bits per heavy atom. The number of carbonyl (C=O) groups is 1. The van der Waals surface area contributed by atoms with Crippen LogP contribution in [-0.2, 0) is 11.2 Å². The molecule has 0 unspecified atom stereocenters. The van der Waals surface area contributed by atoms with Crippen molar-refractivity contribution in [2.75, 3.05) is 12.3 Å². The van der Waals surface area contributed by atoms with Gasteiger partial charge in [-0.05, 0) is 78.2 Å². The maximum atomic E-state index is 12.1. The molecule has 0 amide bonds. The first-order chi connectivity index (χ1) is 18.4. The van der Waals surface area contributed by atoms with Crippen LogP contribution < -0.4 is 5.73 Å². The number of nitrogens with two attached hydrogens (primary N) is 1. The van der Waals surface area contributed by atoms with Gasteiger partial charge in [-0.15, -0.1) is 0 Å². The summed E-state index contributed by atoms with van der Waals surface area (Å²) in [5, 5.41) is 1.09. The van der Waals surface area contributed by atoms with E-state index >= 15 is 0 Å². The van der Waals surface area contributed by atoms with Gasteiger partial charge in [-0.1, -0.05) is 59.6 Å². The minimum Gasteiger partial charge on any atom is -0.462 e. The van der Waals surface area contributed by atoms with Crippen LogP contribution in [-0.4, -0.2) is 22.1 Å². The Labute approximate surface area is 231 Å². The Morgan fingerprint density at radius 3 is 2.18 bits per heavy atom. The molecule has 1 aromatic heterocycles. The molecule has 0 saturated heterocycles. The Hall–Kier alpha value is -4.06. The summed E-state index contributed by atoms with van der Waals surface area (Å²) in [5.74, 6) is 0.481. The van der Waals surface area contributed by atoms with E-state index in [1.165, 1.54) is 0 Å². The molecule has 5 nitrogen and oxygen atoms in total. The van der Waals surface area contributed by atoms with Gasteiger partial charge in [0.1, 0.15) is 5.82 Å². The van der Waals surface area contributed by atoms with Crippen molar-refractivity contribution in [3.8, 4) is 28.1 Å². The summed E-state index contributed by atoms with van der Waals surface area (Å²) in [5.41, 5.74) is 12.8. The Balaban J connectivity index is 1.50. The second-order valence-corrected chi connectivity index (χ2v) is 9.64. The van der Waals surface area contributed by atoms with E-state index in [1.54, 1.807) is 31.2 Å². The van der Waals surface area contributed by atoms with Crippen molar-refractivity contribution in [2.24, 2.45) is 0 Å². The topological polar surface area (TPSA) is 70.1 Å². The third kappa shape index (κ3) is 5.59. The Morgan fingerprint density at radius 2 is 1.55 bits per heavy atom. The fourth-order valence-corrected chi connectivity index (χ4v) is 4.74. The highest BCUT2D eigenvalue weighted by Crippen LogP contribution is 2.31. The number of aromatic nitrogens is 2. The molecule has 4 aromatic carbocycles. The largest absolute Gasteiger partial charge is 0.462 e. The number of anilines is 1. The lowest BCUT2D eigenvalue weighted by molar-refractivity contribution is 0.0526. The van der Waals surface area contributed by atoms with Gasteiger partial charge in [0.05, 0.1) is 22.9 Å². The maximum Gasteiger partial charge on any atom is 0.338 e. The molecular formula is C31H25Cl2N3O2. The van der Waals surface area contributed by atoms with Crippen molar-refractivity contribution in [2.45, 2.75) is 13.3 Å². The van der Waals surface area contributed by atoms with Gasteiger partial charge >= 0.3 is 5.97 Å². The predicted molar refractivity (Wildman–Crippen MR) is 154 cm³/mol. The standard InChI is InChI=1S/C31H25Cl2N3O2/c1-2-38-31(37)23-9-14-26(15-10-23)36-19-29(27-16-11-24(32)18-28(27)33)35-30(36)17-20-3-5-21(6-4-20)22-7-12-25(34)13-8-22/h3-16,18-19H,2,17,34H2,1H3. The van der Waals surface area contributed by atoms with Gasteiger partial charge in [0.25, 0.3) is 0 Å². The lowest BCUT2D eigenvalue weighted by Crippen LogP contribution is -2.05. The van der Waals surface area contributed by atoms with Crippen molar-refractivity contribution < 1.29 is 9.53 Å². The number of nitrogens with zero attached hydrogens (tertiary/aromatic N) is 2. The molecule has 2 N–H and O–H groups in total. The number of hydrogen-bond acceptors (Lipinski definition) is 4. The van der Waals surface area contributed by atoms with E-state index in [9.17, 15) is 4.79 Å². The van der Waals surface area contributed by atoms with Crippen LogP contribution >= 0.6 is 23.2 Å². The summed E-state index contributed by atoms with van der Waals surface area (Å²) in [6, 6.07) is 28.9. The molecule has 0 aliphatic rings. The van der Waals surface area contributed by atoms with Crippen LogP contribution in [0.4, 0.5) is 5.69 Å². The summed E-state index contributed by atoms with van der Waals surface area (Å²) in [7, 11) is 0. The Kier molecular flexibility index (Phi) is 7.50. The van der Waals surface area contributed by atoms with Gasteiger partial charge < -0.3 is 15.0 Å². The number of ether oxygens (including phenoxy) is 1. The quantitative estimate of drug-likeness (QED) is 0.168. The number of esters is 1. The minimum absolute atomic E-state index is 0.328. The number of rotatable bonds is 7. The van der Waals surface area contributed by atoms with Crippen molar-refractivity contribution in [3.63, 3.8) is 0 Å². The van der Waals surface area contributed by atoms with E-state index in [0.717, 1.165) is 45.1 Å². The van der Waals surface area contributed by atoms with Crippen molar-refractivity contribution in [1.82, 2.24) is 9.55 Å². The number of halogens is 2. The molecule has 190 valence electrons. The van der Waals surface area contributed by atoms with Gasteiger partial charge in [-0.3, -0.25) is 0 Å². The Bertz CT molecular complexity index is 1580. The van der Waals surface area contributed by atoms with E-state index in [0.29, 0.717) is 28.6 Å². The number of imidazole rings is 1. The maximum absolute atomic E-state index is 12.1. The van der Waals surface area contributed by atoms with Crippen LogP contribution in [0.2, 0.25) is 10.0 Å². The molecule has 0 aliphatic heterocycles. The first-order valence-electron chi connectivity index (χ1n) is 12.2. The summed E-state index contributed by atoms with van der Waals surface area (Å²) in [4.78, 5) is 17.1. The van der Waals surface area contributed by atoms with E-state index in [4.69, 9.17) is 38.7 Å². The van der Waals surface area contributed by atoms with E-state index in [1.807, 2.05) is 53.2 Å². The van der Waals surface area contributed by atoms with Crippen molar-refractivity contribution >= 4 is 34.9 Å². The highest BCUT2D eigenvalue weighted by atomic mass is 35.5. The molecule has 0 bridgehead atoms. The highest BCUT2D eigenvalue weighted by molar-refractivity contribution is 6.36. The van der Waals surface area contributed by atoms with Crippen LogP contribution in [0, 0.1) is 0 Å². The molecule has 0 saturated carbocycles. The molecule has 7 heteroatoms. The van der Waals surface area contributed by atoms with Crippen LogP contribution in [0.3, 0.4) is 0 Å². The number of nitrogen functional groups attached to an aromatic ring is 1. The third-order valence-electron chi connectivity index (χ3n) is 6.20. The zero-order valence-corrected chi connectivity index (χ0v) is 22.2. The summed E-state index contributed by atoms with van der Waals surface area (Å²) in [6.07, 6.45) is 2.54. The summed E-state index contributed by atoms with van der Waals surface area (Å²) >= 11 is 12.6. The highest BCUT2D eigenvalue weighted by Gasteiger charge is 2.15. The van der Waals surface area contributed by atoms with Gasteiger partial charge in [-0.25, -0.2) is 9.78 Å². The average Bonchev–Trinajstić information content (AvgIpc) is 3.33. The molecule has 0 radical (unpaired) electrons. The third-order valence-corrected chi connectivity index (χ3v) is 6.75. The zero-order valence-electron chi connectivity index (χ0n) is 20.7. The predicted octanol–water partition coefficient (Wildman–Crippen LogP) is 7.86. The normalized spacial score (nSPS) is 10.9. The fourth-order valence-electron chi connectivity index (χ4n) is 4.24. The molecule has 0 aliphatic carbocycles. The van der Waals surface area contributed by atoms with Crippen LogP contribution in [0.5, 0.6) is 0 Å². The second kappa shape index (κ2) is 11.1.